The molecule has 81 heavy (non-hydrogen) atoms. The smallest absolute Gasteiger partial charge is 0.0725 e. The zero-order chi connectivity index (χ0) is 54.8. The summed E-state index contributed by atoms with van der Waals surface area (Å²) in [6.07, 6.45) is 16.8. The summed E-state index contributed by atoms with van der Waals surface area (Å²) in [4.78, 5) is 0. The van der Waals surface area contributed by atoms with Gasteiger partial charge in [-0.3, -0.25) is 0 Å². The third kappa shape index (κ3) is 7.78. The van der Waals surface area contributed by atoms with Crippen molar-refractivity contribution in [3.8, 4) is 55.6 Å². The van der Waals surface area contributed by atoms with Crippen molar-refractivity contribution in [3.63, 3.8) is 0 Å². The highest BCUT2D eigenvalue weighted by Gasteiger charge is 2.53. The molecule has 0 radical (unpaired) electrons. The van der Waals surface area contributed by atoms with Gasteiger partial charge >= 0.3 is 0 Å². The molecule has 11 aromatic carbocycles. The first-order chi connectivity index (χ1) is 39.9. The van der Waals surface area contributed by atoms with E-state index in [9.17, 15) is 0 Å². The maximum absolute atomic E-state index is 2.40. The molecule has 6 aliphatic rings. The summed E-state index contributed by atoms with van der Waals surface area (Å²) in [7, 11) is 0. The van der Waals surface area contributed by atoms with Crippen molar-refractivity contribution >= 4 is 22.9 Å². The molecule has 0 aromatic heterocycles. The fourth-order valence-electron chi connectivity index (χ4n) is 14.8. The average molecular weight is 1040 g/mol. The van der Waals surface area contributed by atoms with E-state index in [-0.39, 0.29) is 10.8 Å². The molecule has 0 saturated carbocycles. The summed E-state index contributed by atoms with van der Waals surface area (Å²) in [6, 6.07) is 83.4. The standard InChI is InChI=1S/2C26H18.C25H22.C4H10/c2*1-17-14-15-21-20-10-4-7-13-24(20)26(25(21)16-17)22-11-5-2-8-18(22)19-9-3-6-12-23(19)26;1-17-10-12-18(13-11-17)19-14-15-24-22-8-3-2-6-20(22)21-7-4-5-9-23(21)25(24)16-19;1-3-4-2/h2*2-16H,1H3;3,5,8-16H,2,4,6-7H2,1H3;3-4H2,1-2H3. The summed E-state index contributed by atoms with van der Waals surface area (Å²) in [5.74, 6) is 0. The minimum absolute atomic E-state index is 0.189. The van der Waals surface area contributed by atoms with Crippen LogP contribution in [0.3, 0.4) is 0 Å². The van der Waals surface area contributed by atoms with Crippen LogP contribution in [0.1, 0.15) is 123 Å². The van der Waals surface area contributed by atoms with E-state index in [2.05, 4.69) is 283 Å². The predicted octanol–water partition coefficient (Wildman–Crippen LogP) is 21.2. The van der Waals surface area contributed by atoms with Crippen LogP contribution in [0.4, 0.5) is 0 Å². The number of unbranched alkanes of at least 4 members (excludes halogenated alkanes) is 1. The lowest BCUT2D eigenvalue weighted by molar-refractivity contribution is 0.792. The van der Waals surface area contributed by atoms with E-state index in [0.717, 1.165) is 0 Å². The number of fused-ring (bicyclic) bond motifs is 26. The minimum atomic E-state index is -0.189. The van der Waals surface area contributed by atoms with Gasteiger partial charge in [0.05, 0.1) is 10.8 Å². The molecule has 392 valence electrons. The lowest BCUT2D eigenvalue weighted by atomic mass is 9.70. The molecule has 0 fully saturated rings. The fraction of sp³-hybridized carbons (Fsp3) is 0.160. The second-order valence-electron chi connectivity index (χ2n) is 23.2. The van der Waals surface area contributed by atoms with E-state index in [0.29, 0.717) is 0 Å². The molecular weight excluding hydrogens is 973 g/mol. The number of hydrogen-bond acceptors (Lipinski definition) is 0. The summed E-state index contributed by atoms with van der Waals surface area (Å²) < 4.78 is 0. The second kappa shape index (κ2) is 20.4. The third-order valence-electron chi connectivity index (χ3n) is 18.5. The molecular formula is C81H68. The highest BCUT2D eigenvalue weighted by molar-refractivity contribution is 6.02. The zero-order valence-electron chi connectivity index (χ0n) is 47.4. The van der Waals surface area contributed by atoms with Gasteiger partial charge in [-0.05, 0) is 186 Å². The van der Waals surface area contributed by atoms with Gasteiger partial charge in [-0.1, -0.05) is 286 Å². The first-order valence-electron chi connectivity index (χ1n) is 29.7. The molecule has 0 unspecified atom stereocenters. The van der Waals surface area contributed by atoms with Crippen molar-refractivity contribution in [1.29, 1.82) is 0 Å². The van der Waals surface area contributed by atoms with Gasteiger partial charge in [-0.2, -0.15) is 0 Å². The van der Waals surface area contributed by atoms with E-state index >= 15 is 0 Å². The predicted molar refractivity (Wildman–Crippen MR) is 344 cm³/mol. The zero-order valence-corrected chi connectivity index (χ0v) is 47.4. The Balaban J connectivity index is 0.000000106. The van der Waals surface area contributed by atoms with Crippen LogP contribution in [0.2, 0.25) is 0 Å². The Hall–Kier alpha value is -8.84. The Labute approximate surface area is 479 Å². The Bertz CT molecular complexity index is 4020. The van der Waals surface area contributed by atoms with E-state index in [1.165, 1.54) is 177 Å². The molecule has 0 aliphatic heterocycles. The fourth-order valence-corrected chi connectivity index (χ4v) is 14.8. The topological polar surface area (TPSA) is 0 Å². The van der Waals surface area contributed by atoms with Crippen LogP contribution in [0, 0.1) is 20.8 Å². The molecule has 0 heteroatoms. The van der Waals surface area contributed by atoms with Crippen LogP contribution < -0.4 is 0 Å². The number of allylic oxidation sites excluding steroid dienone is 2. The van der Waals surface area contributed by atoms with E-state index in [1.807, 2.05) is 0 Å². The van der Waals surface area contributed by atoms with Gasteiger partial charge in [0, 0.05) is 0 Å². The first-order valence-corrected chi connectivity index (χ1v) is 29.7. The molecule has 0 N–H and O–H groups in total. The van der Waals surface area contributed by atoms with Gasteiger partial charge in [0.25, 0.3) is 0 Å². The monoisotopic (exact) mass is 1040 g/mol. The molecule has 0 amide bonds. The Kier molecular flexibility index (Phi) is 12.7. The molecule has 0 nitrogen and oxygen atoms in total. The first kappa shape index (κ1) is 50.4. The van der Waals surface area contributed by atoms with Crippen molar-refractivity contribution < 1.29 is 0 Å². The Morgan fingerprint density at radius 1 is 0.296 bits per heavy atom. The van der Waals surface area contributed by atoms with E-state index in [4.69, 9.17) is 0 Å². The minimum Gasteiger partial charge on any atom is -0.0836 e. The third-order valence-corrected chi connectivity index (χ3v) is 18.5. The summed E-state index contributed by atoms with van der Waals surface area (Å²) in [5, 5.41) is 2.82. The quantitative estimate of drug-likeness (QED) is 0.162. The maximum atomic E-state index is 2.40. The van der Waals surface area contributed by atoms with Crippen molar-refractivity contribution in [3.05, 3.63) is 320 Å². The lowest BCUT2D eigenvalue weighted by Gasteiger charge is -2.30. The van der Waals surface area contributed by atoms with Crippen LogP contribution >= 0.6 is 0 Å². The molecule has 11 aromatic rings. The Morgan fingerprint density at radius 2 is 0.617 bits per heavy atom. The van der Waals surface area contributed by atoms with Crippen LogP contribution in [0.5, 0.6) is 0 Å². The van der Waals surface area contributed by atoms with Gasteiger partial charge < -0.3 is 0 Å². The molecule has 0 bridgehead atoms. The highest BCUT2D eigenvalue weighted by atomic mass is 14.5. The van der Waals surface area contributed by atoms with Gasteiger partial charge in [-0.25, -0.2) is 0 Å². The molecule has 0 atom stereocenters. The molecule has 0 heterocycles. The van der Waals surface area contributed by atoms with Crippen molar-refractivity contribution in [2.24, 2.45) is 0 Å². The average Bonchev–Trinajstić information content (AvgIpc) is 4.34. The lowest BCUT2D eigenvalue weighted by Crippen LogP contribution is -2.25. The van der Waals surface area contributed by atoms with Crippen LogP contribution in [-0.2, 0) is 23.7 Å². The highest BCUT2D eigenvalue weighted by Crippen LogP contribution is 2.64. The van der Waals surface area contributed by atoms with E-state index < -0.39 is 0 Å². The largest absolute Gasteiger partial charge is 0.0836 e. The van der Waals surface area contributed by atoms with Gasteiger partial charge in [-0.15, -0.1) is 0 Å². The molecule has 0 saturated heterocycles. The summed E-state index contributed by atoms with van der Waals surface area (Å²) in [6.45, 7) is 10.9. The maximum Gasteiger partial charge on any atom is 0.0725 e. The summed E-state index contributed by atoms with van der Waals surface area (Å²) in [5.41, 5.74) is 34.6. The number of rotatable bonds is 2. The van der Waals surface area contributed by atoms with Crippen molar-refractivity contribution in [2.75, 3.05) is 0 Å². The van der Waals surface area contributed by atoms with E-state index in [1.54, 1.807) is 11.1 Å². The second-order valence-corrected chi connectivity index (χ2v) is 23.2. The molecule has 6 aliphatic carbocycles. The molecule has 17 rings (SSSR count). The normalized spacial score (nSPS) is 14.5. The van der Waals surface area contributed by atoms with Crippen LogP contribution in [0.15, 0.2) is 237 Å². The van der Waals surface area contributed by atoms with Crippen LogP contribution in [0.25, 0.3) is 78.6 Å². The SMILES string of the molecule is CCCC.Cc1ccc(-c2ccc3c4c(c5c(c3c2)C=CCC5)CCC=C4)cc1.Cc1ccc2c(c1)C1(c3ccccc3-c3ccccc31)c1ccccc1-2.Cc1ccc2c(c1)C1(c3ccccc3-c3ccccc31)c1ccccc1-2. The van der Waals surface area contributed by atoms with Crippen molar-refractivity contribution in [2.45, 2.75) is 84.0 Å². The van der Waals surface area contributed by atoms with Crippen molar-refractivity contribution in [1.82, 2.24) is 0 Å². The van der Waals surface area contributed by atoms with Gasteiger partial charge in [0.2, 0.25) is 0 Å². The van der Waals surface area contributed by atoms with Crippen LogP contribution in [-0.4, -0.2) is 0 Å². The van der Waals surface area contributed by atoms with Gasteiger partial charge in [0.15, 0.2) is 0 Å². The number of aryl methyl sites for hydroxylation is 3. The molecule has 2 spiro atoms. The number of benzene rings is 11. The Morgan fingerprint density at radius 3 is 0.988 bits per heavy atom. The van der Waals surface area contributed by atoms with Gasteiger partial charge in [0.1, 0.15) is 0 Å². The number of hydrogen-bond donors (Lipinski definition) is 0. The summed E-state index contributed by atoms with van der Waals surface area (Å²) >= 11 is 0.